The van der Waals surface area contributed by atoms with E-state index in [1.165, 1.54) is 13.8 Å². The summed E-state index contributed by atoms with van der Waals surface area (Å²) in [5, 5.41) is 22.6. The Bertz CT molecular complexity index is 3000. The molecule has 4 aliphatic heterocycles. The van der Waals surface area contributed by atoms with Crippen LogP contribution in [-0.4, -0.2) is 129 Å². The summed E-state index contributed by atoms with van der Waals surface area (Å²) in [7, 11) is 0. The number of carbonyl (C=O) groups is 2. The second-order valence-electron chi connectivity index (χ2n) is 21.0. The van der Waals surface area contributed by atoms with Crippen LogP contribution in [0.15, 0.2) is 187 Å². The normalized spacial score (nSPS) is 29.4. The molecule has 4 aliphatic rings. The molecule has 6 aromatic carbocycles. The summed E-state index contributed by atoms with van der Waals surface area (Å²) in [6.45, 7) is 2.93. The lowest BCUT2D eigenvalue weighted by Gasteiger charge is -2.52. The van der Waals surface area contributed by atoms with Gasteiger partial charge in [0.25, 0.3) is 0 Å². The number of hydrogen-bond donors (Lipinski definition) is 3. The number of amides is 2. The molecule has 20 nitrogen and oxygen atoms in total. The molecule has 0 aromatic heterocycles. The molecular weight excluding hydrogens is 1080 g/mol. The van der Waals surface area contributed by atoms with Crippen molar-refractivity contribution in [2.45, 2.75) is 145 Å². The first-order chi connectivity index (χ1) is 41.2. The number of ether oxygens (including phenoxy) is 12. The number of nitrogens with zero attached hydrogens (tertiary/aromatic N) is 3. The summed E-state index contributed by atoms with van der Waals surface area (Å²) in [6.07, 6.45) is -15.9. The van der Waals surface area contributed by atoms with Crippen molar-refractivity contribution in [1.29, 1.82) is 0 Å². The molecule has 6 aromatic rings. The molecule has 4 saturated heterocycles. The van der Waals surface area contributed by atoms with Gasteiger partial charge >= 0.3 is 0 Å². The smallest absolute Gasteiger partial charge is 0.217 e. The molecule has 442 valence electrons. The average Bonchev–Trinajstić information content (AvgIpc) is 2.70. The summed E-state index contributed by atoms with van der Waals surface area (Å²) in [6, 6.07) is 54.7. The molecule has 0 spiro atoms. The van der Waals surface area contributed by atoms with Crippen molar-refractivity contribution in [3.05, 3.63) is 226 Å². The number of benzene rings is 6. The lowest BCUT2D eigenvalue weighted by Crippen LogP contribution is -2.71. The van der Waals surface area contributed by atoms with E-state index in [1.54, 1.807) is 0 Å². The number of azide groups is 1. The number of nitrogens with one attached hydrogen (secondary N) is 2. The van der Waals surface area contributed by atoms with Gasteiger partial charge in [-0.25, -0.2) is 0 Å². The van der Waals surface area contributed by atoms with Gasteiger partial charge in [-0.3, -0.25) is 9.59 Å². The zero-order valence-corrected chi connectivity index (χ0v) is 46.7. The van der Waals surface area contributed by atoms with Crippen LogP contribution in [0.5, 0.6) is 0 Å². The van der Waals surface area contributed by atoms with Crippen molar-refractivity contribution in [2.75, 3.05) is 19.8 Å². The van der Waals surface area contributed by atoms with Gasteiger partial charge in [0, 0.05) is 24.3 Å². The van der Waals surface area contributed by atoms with E-state index < -0.39 is 110 Å². The second kappa shape index (κ2) is 30.2. The fourth-order valence-corrected chi connectivity index (χ4v) is 10.8. The van der Waals surface area contributed by atoms with Crippen molar-refractivity contribution < 1.29 is 71.5 Å². The van der Waals surface area contributed by atoms with Crippen molar-refractivity contribution in [1.82, 2.24) is 10.6 Å². The van der Waals surface area contributed by atoms with Crippen LogP contribution in [0.3, 0.4) is 0 Å². The van der Waals surface area contributed by atoms with E-state index in [1.807, 2.05) is 182 Å². The van der Waals surface area contributed by atoms with Crippen molar-refractivity contribution in [2.24, 2.45) is 5.11 Å². The number of aliphatic hydroxyl groups is 1. The number of rotatable bonds is 25. The van der Waals surface area contributed by atoms with Gasteiger partial charge in [0.2, 0.25) is 11.8 Å². The van der Waals surface area contributed by atoms with E-state index in [0.29, 0.717) is 0 Å². The lowest BCUT2D eigenvalue weighted by molar-refractivity contribution is -0.390. The van der Waals surface area contributed by atoms with Crippen LogP contribution in [0, 0.1) is 0 Å². The van der Waals surface area contributed by atoms with Crippen LogP contribution in [0.4, 0.5) is 0 Å². The molecule has 10 rings (SSSR count). The minimum atomic E-state index is -1.43. The Kier molecular flexibility index (Phi) is 21.7. The summed E-state index contributed by atoms with van der Waals surface area (Å²) < 4.78 is 81.3. The highest BCUT2D eigenvalue weighted by Crippen LogP contribution is 2.40. The molecule has 4 heterocycles. The SMILES string of the molecule is CC(=O)N[C@@H]1[C@@H](OCc2ccccc2)[C@H](O[C@@H]2O[C@H](COCc3ccccc3)[C@@H](O[C@@H]3O[C@@H]4CO[C@@H](c5ccccc5)O[C@H]4[C@H](O)[C@@H]3OCc3ccccc3)[C@H](OCc3ccccc3)[C@H]2NC(C)=O)[C@@H](COCc2ccccc2)O[C@H]1N=[N+]=[N-]. The summed E-state index contributed by atoms with van der Waals surface area (Å²) in [5.74, 6) is -0.930. The Morgan fingerprint density at radius 1 is 0.524 bits per heavy atom. The quantitative estimate of drug-likeness (QED) is 0.0280. The van der Waals surface area contributed by atoms with E-state index in [0.717, 1.165) is 33.4 Å². The van der Waals surface area contributed by atoms with Gasteiger partial charge in [0.1, 0.15) is 67.1 Å². The monoisotopic (exact) mass is 1150 g/mol. The largest absolute Gasteiger partial charge is 0.387 e. The molecule has 0 saturated carbocycles. The molecule has 4 fully saturated rings. The van der Waals surface area contributed by atoms with Gasteiger partial charge in [0.15, 0.2) is 25.1 Å². The number of carbonyl (C=O) groups excluding carboxylic acids is 2. The zero-order chi connectivity index (χ0) is 58.0. The molecule has 0 aliphatic carbocycles. The van der Waals surface area contributed by atoms with Crippen molar-refractivity contribution in [3.63, 3.8) is 0 Å². The number of hydrogen-bond acceptors (Lipinski definition) is 16. The Morgan fingerprint density at radius 3 is 1.42 bits per heavy atom. The van der Waals surface area contributed by atoms with Gasteiger partial charge in [0.05, 0.1) is 58.9 Å². The molecule has 0 bridgehead atoms. The van der Waals surface area contributed by atoms with E-state index >= 15 is 0 Å². The highest BCUT2D eigenvalue weighted by Gasteiger charge is 2.57. The second-order valence-corrected chi connectivity index (χ2v) is 21.0. The molecule has 0 unspecified atom stereocenters. The molecular formula is C64H71N5O15. The van der Waals surface area contributed by atoms with Crippen molar-refractivity contribution in [3.8, 4) is 0 Å². The van der Waals surface area contributed by atoms with Gasteiger partial charge < -0.3 is 72.6 Å². The maximum absolute atomic E-state index is 13.8. The van der Waals surface area contributed by atoms with Crippen molar-refractivity contribution >= 4 is 11.8 Å². The maximum Gasteiger partial charge on any atom is 0.217 e. The van der Waals surface area contributed by atoms with Gasteiger partial charge in [-0.05, 0) is 33.3 Å². The Balaban J connectivity index is 1.04. The van der Waals surface area contributed by atoms with Gasteiger partial charge in [-0.1, -0.05) is 187 Å². The zero-order valence-electron chi connectivity index (χ0n) is 46.7. The molecule has 84 heavy (non-hydrogen) atoms. The van der Waals surface area contributed by atoms with E-state index in [4.69, 9.17) is 56.8 Å². The van der Waals surface area contributed by atoms with Crippen LogP contribution in [0.2, 0.25) is 0 Å². The standard InChI is InChI=1S/C64H71N5O15/c1-41(70)66-52-58(75-35-45-25-13-5-14-26-45)56(49(79-61(52)68-69-65)38-73-33-43-21-9-3-10-22-43)83-63-53(67-42(2)71)59(76-36-46-27-15-6-16-28-46)57(50(80-63)39-74-34-44-23-11-4-12-24-44)84-64-60(77-37-47-29-17-7-18-30-47)54(72)55-51(81-64)40-78-62(82-55)48-31-19-8-20-32-48/h3-32,49-64,72H,33-40H2,1-2H3,(H,66,70)(H,67,71)/t49-,50-,51-,52-,53-,54+,55-,56-,57-,58-,59-,60+,61-,62-,63+,64+/m1/s1. The molecule has 16 atom stereocenters. The summed E-state index contributed by atoms with van der Waals surface area (Å²) in [4.78, 5) is 30.1. The first-order valence-electron chi connectivity index (χ1n) is 28.2. The van der Waals surface area contributed by atoms with Crippen LogP contribution < -0.4 is 10.6 Å². The predicted molar refractivity (Wildman–Crippen MR) is 303 cm³/mol. The minimum absolute atomic E-state index is 0.0187. The van der Waals surface area contributed by atoms with E-state index in [9.17, 15) is 20.2 Å². The predicted octanol–water partition coefficient (Wildman–Crippen LogP) is 7.92. The Morgan fingerprint density at radius 2 is 0.940 bits per heavy atom. The maximum atomic E-state index is 13.8. The molecule has 2 amide bonds. The molecule has 0 radical (unpaired) electrons. The van der Waals surface area contributed by atoms with E-state index in [2.05, 4.69) is 20.7 Å². The van der Waals surface area contributed by atoms with Gasteiger partial charge in [-0.2, -0.15) is 0 Å². The summed E-state index contributed by atoms with van der Waals surface area (Å²) in [5.41, 5.74) is 14.9. The third-order valence-corrected chi connectivity index (χ3v) is 14.8. The van der Waals surface area contributed by atoms with Gasteiger partial charge in [-0.15, -0.1) is 0 Å². The highest BCUT2D eigenvalue weighted by molar-refractivity contribution is 5.73. The van der Waals surface area contributed by atoms with Crippen LogP contribution in [0.25, 0.3) is 10.4 Å². The molecule has 3 N–H and O–H groups in total. The highest BCUT2D eigenvalue weighted by atomic mass is 16.8. The molecule has 20 heteroatoms. The van der Waals surface area contributed by atoms with E-state index in [-0.39, 0.29) is 52.9 Å². The third-order valence-electron chi connectivity index (χ3n) is 14.8. The fraction of sp³-hybridized carbons (Fsp3) is 0.406. The topological polar surface area (TPSA) is 238 Å². The minimum Gasteiger partial charge on any atom is -0.387 e. The fourth-order valence-electron chi connectivity index (χ4n) is 10.8. The number of aliphatic hydroxyl groups excluding tert-OH is 1. The average molecular weight is 1150 g/mol. The summed E-state index contributed by atoms with van der Waals surface area (Å²) >= 11 is 0. The first-order valence-corrected chi connectivity index (χ1v) is 28.2. The Hall–Kier alpha value is -6.95. The lowest BCUT2D eigenvalue weighted by atomic mass is 9.93. The van der Waals surface area contributed by atoms with Crippen LogP contribution >= 0.6 is 0 Å². The van der Waals surface area contributed by atoms with Crippen LogP contribution in [-0.2, 0) is 99.5 Å². The third kappa shape index (κ3) is 16.1. The number of fused-ring (bicyclic) bond motifs is 1. The Labute approximate surface area is 488 Å². The first kappa shape index (κ1) is 60.2. The van der Waals surface area contributed by atoms with Crippen LogP contribution in [0.1, 0.15) is 53.5 Å².